The van der Waals surface area contributed by atoms with Gasteiger partial charge in [-0.05, 0) is 62.0 Å². The summed E-state index contributed by atoms with van der Waals surface area (Å²) in [5.74, 6) is -0.500. The van der Waals surface area contributed by atoms with Gasteiger partial charge in [-0.2, -0.15) is 0 Å². The van der Waals surface area contributed by atoms with Crippen LogP contribution < -0.4 is 5.32 Å². The number of rotatable bonds is 5. The van der Waals surface area contributed by atoms with Gasteiger partial charge in [0.05, 0.1) is 11.1 Å². The van der Waals surface area contributed by atoms with Gasteiger partial charge in [-0.3, -0.25) is 19.8 Å². The van der Waals surface area contributed by atoms with Crippen molar-refractivity contribution in [2.24, 2.45) is 0 Å². The van der Waals surface area contributed by atoms with E-state index in [0.717, 1.165) is 38.8 Å². The van der Waals surface area contributed by atoms with Gasteiger partial charge in [0, 0.05) is 6.04 Å². The molecule has 21 heavy (non-hydrogen) atoms. The molecule has 112 valence electrons. The summed E-state index contributed by atoms with van der Waals surface area (Å²) in [7, 11) is 0. The first kappa shape index (κ1) is 14.3. The van der Waals surface area contributed by atoms with Crippen LogP contribution in [0.1, 0.15) is 58.5 Å². The maximum absolute atomic E-state index is 11.8. The number of imide groups is 1. The topological polar surface area (TPSA) is 49.4 Å². The summed E-state index contributed by atoms with van der Waals surface area (Å²) in [6, 6.07) is 4.38. The fraction of sp³-hybridized carbons (Fsp3) is 0.529. The van der Waals surface area contributed by atoms with Crippen molar-refractivity contribution >= 4 is 11.8 Å². The minimum atomic E-state index is -0.250. The van der Waals surface area contributed by atoms with Gasteiger partial charge in [0.25, 0.3) is 11.8 Å². The van der Waals surface area contributed by atoms with E-state index < -0.39 is 0 Å². The number of nitrogens with one attached hydrogen (secondary N) is 1. The van der Waals surface area contributed by atoms with Gasteiger partial charge in [0.2, 0.25) is 0 Å². The van der Waals surface area contributed by atoms with Crippen molar-refractivity contribution in [1.29, 1.82) is 0 Å². The highest BCUT2D eigenvalue weighted by Crippen LogP contribution is 2.30. The summed E-state index contributed by atoms with van der Waals surface area (Å²) < 4.78 is 0. The number of fused-ring (bicyclic) bond motifs is 2. The molecule has 0 saturated carbocycles. The van der Waals surface area contributed by atoms with Crippen molar-refractivity contribution in [3.63, 3.8) is 0 Å². The lowest BCUT2D eigenvalue weighted by Gasteiger charge is -2.27. The normalized spacial score (nSPS) is 17.3. The minimum Gasteiger partial charge on any atom is -0.300 e. The van der Waals surface area contributed by atoms with E-state index in [9.17, 15) is 9.59 Å². The van der Waals surface area contributed by atoms with E-state index in [-0.39, 0.29) is 11.8 Å². The number of benzene rings is 1. The van der Waals surface area contributed by atoms with Gasteiger partial charge in [-0.25, -0.2) is 0 Å². The van der Waals surface area contributed by atoms with E-state index in [1.54, 1.807) is 0 Å². The van der Waals surface area contributed by atoms with Crippen LogP contribution in [-0.2, 0) is 12.8 Å². The summed E-state index contributed by atoms with van der Waals surface area (Å²) in [6.07, 6.45) is 4.29. The number of amides is 2. The van der Waals surface area contributed by atoms with E-state index in [0.29, 0.717) is 17.2 Å². The van der Waals surface area contributed by atoms with Gasteiger partial charge < -0.3 is 0 Å². The zero-order valence-corrected chi connectivity index (χ0v) is 12.7. The highest BCUT2D eigenvalue weighted by molar-refractivity contribution is 6.21. The van der Waals surface area contributed by atoms with E-state index in [2.05, 4.69) is 24.1 Å². The van der Waals surface area contributed by atoms with Crippen molar-refractivity contribution in [1.82, 2.24) is 10.2 Å². The third-order valence-corrected chi connectivity index (χ3v) is 4.51. The lowest BCUT2D eigenvalue weighted by atomic mass is 10.0. The Labute approximate surface area is 125 Å². The molecule has 0 radical (unpaired) electrons. The lowest BCUT2D eigenvalue weighted by Crippen LogP contribution is -2.37. The molecule has 1 aliphatic heterocycles. The molecule has 0 unspecified atom stereocenters. The molecule has 0 saturated heterocycles. The van der Waals surface area contributed by atoms with Crippen LogP contribution in [0.5, 0.6) is 0 Å². The van der Waals surface area contributed by atoms with Crippen LogP contribution in [0, 0.1) is 0 Å². The highest BCUT2D eigenvalue weighted by atomic mass is 16.2. The zero-order valence-electron chi connectivity index (χ0n) is 12.7. The number of hydrogen-bond donors (Lipinski definition) is 1. The molecule has 0 fully saturated rings. The average molecular weight is 286 g/mol. The quantitative estimate of drug-likeness (QED) is 0.844. The van der Waals surface area contributed by atoms with Crippen molar-refractivity contribution < 1.29 is 9.59 Å². The molecule has 3 rings (SSSR count). The Morgan fingerprint density at radius 1 is 1.00 bits per heavy atom. The lowest BCUT2D eigenvalue weighted by molar-refractivity contribution is 0.0879. The van der Waals surface area contributed by atoms with Crippen LogP contribution in [0.3, 0.4) is 0 Å². The van der Waals surface area contributed by atoms with Gasteiger partial charge in [-0.15, -0.1) is 0 Å². The Kier molecular flexibility index (Phi) is 3.81. The third kappa shape index (κ3) is 2.48. The maximum atomic E-state index is 11.8. The summed E-state index contributed by atoms with van der Waals surface area (Å²) in [5.41, 5.74) is 3.58. The molecule has 1 aromatic rings. The standard InChI is InChI=1S/C17H22N2O2/c1-3-5-19(6-4-2)13-7-11-9-14-15(10-12(11)8-13)17(21)18-16(14)20/h9-10,13H,3-8H2,1-2H3,(H,18,20,21). The SMILES string of the molecule is CCCN(CCC)C1Cc2cc3c(cc2C1)C(=O)NC3=O. The van der Waals surface area contributed by atoms with Gasteiger partial charge in [-0.1, -0.05) is 13.8 Å². The molecule has 4 heteroatoms. The Hall–Kier alpha value is -1.68. The molecule has 1 N–H and O–H groups in total. The van der Waals surface area contributed by atoms with E-state index in [4.69, 9.17) is 0 Å². The van der Waals surface area contributed by atoms with Gasteiger partial charge in [0.1, 0.15) is 0 Å². The Balaban J connectivity index is 1.85. The summed E-state index contributed by atoms with van der Waals surface area (Å²) in [6.45, 7) is 6.65. The Morgan fingerprint density at radius 2 is 1.48 bits per heavy atom. The number of nitrogens with zero attached hydrogens (tertiary/aromatic N) is 1. The fourth-order valence-corrected chi connectivity index (χ4v) is 3.57. The first-order valence-corrected chi connectivity index (χ1v) is 7.89. The van der Waals surface area contributed by atoms with E-state index in [1.807, 2.05) is 12.1 Å². The third-order valence-electron chi connectivity index (χ3n) is 4.51. The van der Waals surface area contributed by atoms with Crippen molar-refractivity contribution in [3.05, 3.63) is 34.4 Å². The van der Waals surface area contributed by atoms with Gasteiger partial charge in [0.15, 0.2) is 0 Å². The van der Waals surface area contributed by atoms with Crippen LogP contribution in [0.4, 0.5) is 0 Å². The highest BCUT2D eigenvalue weighted by Gasteiger charge is 2.32. The van der Waals surface area contributed by atoms with Gasteiger partial charge >= 0.3 is 0 Å². The Morgan fingerprint density at radius 3 is 1.90 bits per heavy atom. The summed E-state index contributed by atoms with van der Waals surface area (Å²) >= 11 is 0. The largest absolute Gasteiger partial charge is 0.300 e. The van der Waals surface area contributed by atoms with Crippen molar-refractivity contribution in [2.45, 2.75) is 45.6 Å². The molecule has 2 aliphatic rings. The predicted molar refractivity (Wildman–Crippen MR) is 81.6 cm³/mol. The molecule has 1 aliphatic carbocycles. The molecule has 2 amide bonds. The maximum Gasteiger partial charge on any atom is 0.258 e. The first-order valence-electron chi connectivity index (χ1n) is 7.89. The second kappa shape index (κ2) is 5.60. The van der Waals surface area contributed by atoms with E-state index in [1.165, 1.54) is 11.1 Å². The number of carbonyl (C=O) groups excluding carboxylic acids is 2. The monoisotopic (exact) mass is 286 g/mol. The second-order valence-electron chi connectivity index (χ2n) is 6.05. The molecule has 4 nitrogen and oxygen atoms in total. The molecule has 1 heterocycles. The fourth-order valence-electron chi connectivity index (χ4n) is 3.57. The molecule has 0 spiro atoms. The van der Waals surface area contributed by atoms with Crippen LogP contribution >= 0.6 is 0 Å². The minimum absolute atomic E-state index is 0.250. The molecule has 0 aromatic heterocycles. The summed E-state index contributed by atoms with van der Waals surface area (Å²) in [4.78, 5) is 26.1. The summed E-state index contributed by atoms with van der Waals surface area (Å²) in [5, 5.41) is 2.37. The number of hydrogen-bond acceptors (Lipinski definition) is 3. The first-order chi connectivity index (χ1) is 10.1. The van der Waals surface area contributed by atoms with Crippen molar-refractivity contribution in [3.8, 4) is 0 Å². The second-order valence-corrected chi connectivity index (χ2v) is 6.05. The van der Waals surface area contributed by atoms with Crippen LogP contribution in [-0.4, -0.2) is 35.8 Å². The predicted octanol–water partition coefficient (Wildman–Crippen LogP) is 2.16. The molecule has 0 bridgehead atoms. The zero-order chi connectivity index (χ0) is 15.0. The molecule has 1 aromatic carbocycles. The van der Waals surface area contributed by atoms with Crippen molar-refractivity contribution in [2.75, 3.05) is 13.1 Å². The Bertz CT molecular complexity index is 546. The molecular weight excluding hydrogens is 264 g/mol. The average Bonchev–Trinajstić information content (AvgIpc) is 2.98. The number of carbonyl (C=O) groups is 2. The smallest absolute Gasteiger partial charge is 0.258 e. The van der Waals surface area contributed by atoms with Crippen LogP contribution in [0.2, 0.25) is 0 Å². The molecule has 0 atom stereocenters. The van der Waals surface area contributed by atoms with Crippen LogP contribution in [0.15, 0.2) is 12.1 Å². The van der Waals surface area contributed by atoms with Crippen LogP contribution in [0.25, 0.3) is 0 Å². The van der Waals surface area contributed by atoms with E-state index >= 15 is 0 Å². The molecular formula is C17H22N2O2.